The highest BCUT2D eigenvalue weighted by Crippen LogP contribution is 2.12. The molecule has 8 nitrogen and oxygen atoms in total. The Kier molecular flexibility index (Phi) is 8.81. The van der Waals surface area contributed by atoms with Crippen LogP contribution in [-0.2, 0) is 27.9 Å². The average Bonchev–Trinajstić information content (AvgIpc) is 2.69. The second-order valence-corrected chi connectivity index (χ2v) is 9.19. The zero-order valence-electron chi connectivity index (χ0n) is 17.3. The number of sulfonamides is 1. The molecule has 164 valence electrons. The van der Waals surface area contributed by atoms with Gasteiger partial charge in [0, 0.05) is 45.3 Å². The van der Waals surface area contributed by atoms with Gasteiger partial charge >= 0.3 is 0 Å². The first kappa shape index (κ1) is 23.5. The predicted molar refractivity (Wildman–Crippen MR) is 111 cm³/mol. The van der Waals surface area contributed by atoms with Crippen molar-refractivity contribution in [1.29, 1.82) is 0 Å². The van der Waals surface area contributed by atoms with Gasteiger partial charge in [0.25, 0.3) is 0 Å². The van der Waals surface area contributed by atoms with Crippen molar-refractivity contribution in [3.63, 3.8) is 0 Å². The standard InChI is InChI=1S/C19H31FN4O4S/c1-15(2)28-10-11-29(26,27)24-8-6-23(7-9-24)19(21-3)22-13-16-4-5-18(20)17(12-16)14-25/h4-5,12,15,25H,6-11,13-14H2,1-3H3,(H,21,22). The maximum atomic E-state index is 13.5. The van der Waals surface area contributed by atoms with Crippen molar-refractivity contribution in [2.24, 2.45) is 4.99 Å². The molecule has 0 spiro atoms. The average molecular weight is 431 g/mol. The lowest BCUT2D eigenvalue weighted by Gasteiger charge is -2.35. The number of hydrogen-bond donors (Lipinski definition) is 2. The van der Waals surface area contributed by atoms with Gasteiger partial charge in [-0.15, -0.1) is 0 Å². The number of benzene rings is 1. The summed E-state index contributed by atoms with van der Waals surface area (Å²) in [5.41, 5.74) is 1.07. The van der Waals surface area contributed by atoms with Crippen molar-refractivity contribution in [3.8, 4) is 0 Å². The normalized spacial score (nSPS) is 16.5. The molecule has 0 radical (unpaired) electrons. The molecule has 1 fully saturated rings. The number of aliphatic hydroxyl groups excluding tert-OH is 1. The van der Waals surface area contributed by atoms with E-state index in [-0.39, 0.29) is 30.6 Å². The number of guanidine groups is 1. The monoisotopic (exact) mass is 430 g/mol. The van der Waals surface area contributed by atoms with Gasteiger partial charge in [0.15, 0.2) is 5.96 Å². The molecule has 0 saturated carbocycles. The quantitative estimate of drug-likeness (QED) is 0.467. The molecule has 1 aliphatic heterocycles. The van der Waals surface area contributed by atoms with Crippen molar-refractivity contribution in [3.05, 3.63) is 35.1 Å². The van der Waals surface area contributed by atoms with Gasteiger partial charge in [-0.1, -0.05) is 6.07 Å². The van der Waals surface area contributed by atoms with Gasteiger partial charge in [0.05, 0.1) is 25.1 Å². The lowest BCUT2D eigenvalue weighted by atomic mass is 10.1. The first-order valence-electron chi connectivity index (χ1n) is 9.70. The van der Waals surface area contributed by atoms with E-state index in [4.69, 9.17) is 4.74 Å². The zero-order chi connectivity index (χ0) is 21.4. The molecule has 1 saturated heterocycles. The van der Waals surface area contributed by atoms with E-state index >= 15 is 0 Å². The first-order valence-corrected chi connectivity index (χ1v) is 11.3. The molecule has 1 heterocycles. The molecule has 0 aliphatic carbocycles. The van der Waals surface area contributed by atoms with E-state index in [1.54, 1.807) is 19.2 Å². The number of nitrogens with one attached hydrogen (secondary N) is 1. The Bertz CT molecular complexity index is 793. The Hall–Kier alpha value is -1.75. The molecule has 0 unspecified atom stereocenters. The second kappa shape index (κ2) is 10.9. The molecule has 2 N–H and O–H groups in total. The number of halogens is 1. The highest BCUT2D eigenvalue weighted by Gasteiger charge is 2.28. The summed E-state index contributed by atoms with van der Waals surface area (Å²) >= 11 is 0. The van der Waals surface area contributed by atoms with Crippen LogP contribution in [-0.4, -0.2) is 80.4 Å². The van der Waals surface area contributed by atoms with Crippen molar-refractivity contribution < 1.29 is 22.7 Å². The van der Waals surface area contributed by atoms with Gasteiger partial charge in [0.2, 0.25) is 10.0 Å². The fourth-order valence-electron chi connectivity index (χ4n) is 3.07. The SMILES string of the molecule is CN=C(NCc1ccc(F)c(CO)c1)N1CCN(S(=O)(=O)CCOC(C)C)CC1. The summed E-state index contributed by atoms with van der Waals surface area (Å²) in [4.78, 5) is 6.26. The molecule has 10 heteroatoms. The topological polar surface area (TPSA) is 94.5 Å². The molecule has 0 atom stereocenters. The van der Waals surface area contributed by atoms with Crippen LogP contribution in [0.2, 0.25) is 0 Å². The summed E-state index contributed by atoms with van der Waals surface area (Å²) < 4.78 is 45.2. The molecule has 29 heavy (non-hydrogen) atoms. The van der Waals surface area contributed by atoms with E-state index < -0.39 is 15.8 Å². The number of hydrogen-bond acceptors (Lipinski definition) is 5. The summed E-state index contributed by atoms with van der Waals surface area (Å²) in [6.45, 7) is 5.83. The number of ether oxygens (including phenoxy) is 1. The number of rotatable bonds is 8. The number of aliphatic hydroxyl groups is 1. The van der Waals surface area contributed by atoms with E-state index in [1.165, 1.54) is 10.4 Å². The highest BCUT2D eigenvalue weighted by atomic mass is 32.2. The summed E-state index contributed by atoms with van der Waals surface area (Å²) in [6, 6.07) is 4.59. The lowest BCUT2D eigenvalue weighted by molar-refractivity contribution is 0.0904. The van der Waals surface area contributed by atoms with E-state index in [1.807, 2.05) is 18.7 Å². The molecule has 1 aliphatic rings. The van der Waals surface area contributed by atoms with Crippen LogP contribution in [0.4, 0.5) is 4.39 Å². The van der Waals surface area contributed by atoms with Crippen LogP contribution in [0.3, 0.4) is 0 Å². The Morgan fingerprint density at radius 3 is 2.59 bits per heavy atom. The minimum absolute atomic E-state index is 0.00557. The minimum Gasteiger partial charge on any atom is -0.392 e. The predicted octanol–water partition coefficient (Wildman–Crippen LogP) is 0.766. The number of aliphatic imine (C=N–C) groups is 1. The molecule has 1 aromatic rings. The molecule has 0 aromatic heterocycles. The summed E-state index contributed by atoms with van der Waals surface area (Å²) in [7, 11) is -1.67. The summed E-state index contributed by atoms with van der Waals surface area (Å²) in [5, 5.41) is 12.4. The maximum Gasteiger partial charge on any atom is 0.216 e. The molecule has 0 amide bonds. The second-order valence-electron chi connectivity index (χ2n) is 7.11. The minimum atomic E-state index is -3.34. The molecule has 2 rings (SSSR count). The van der Waals surface area contributed by atoms with Crippen LogP contribution in [0.15, 0.2) is 23.2 Å². The van der Waals surface area contributed by atoms with E-state index in [2.05, 4.69) is 10.3 Å². The third-order valence-corrected chi connectivity index (χ3v) is 6.50. The van der Waals surface area contributed by atoms with Crippen LogP contribution in [0.5, 0.6) is 0 Å². The van der Waals surface area contributed by atoms with Crippen LogP contribution in [0.1, 0.15) is 25.0 Å². The van der Waals surface area contributed by atoms with Gasteiger partial charge in [0.1, 0.15) is 5.82 Å². The number of piperazine rings is 1. The van der Waals surface area contributed by atoms with Gasteiger partial charge in [-0.05, 0) is 31.5 Å². The van der Waals surface area contributed by atoms with Crippen molar-refractivity contribution in [1.82, 2.24) is 14.5 Å². The van der Waals surface area contributed by atoms with Gasteiger partial charge in [-0.25, -0.2) is 12.8 Å². The van der Waals surface area contributed by atoms with Crippen LogP contribution in [0, 0.1) is 5.82 Å². The Balaban J connectivity index is 1.87. The molecule has 1 aromatic carbocycles. The lowest BCUT2D eigenvalue weighted by Crippen LogP contribution is -2.54. The van der Waals surface area contributed by atoms with E-state index in [0.29, 0.717) is 38.7 Å². The van der Waals surface area contributed by atoms with Crippen LogP contribution >= 0.6 is 0 Å². The third kappa shape index (κ3) is 6.91. The van der Waals surface area contributed by atoms with Gasteiger partial charge < -0.3 is 20.1 Å². The van der Waals surface area contributed by atoms with Gasteiger partial charge in [-0.2, -0.15) is 4.31 Å². The highest BCUT2D eigenvalue weighted by molar-refractivity contribution is 7.89. The first-order chi connectivity index (χ1) is 13.8. The van der Waals surface area contributed by atoms with Crippen molar-refractivity contribution in [2.45, 2.75) is 33.1 Å². The Morgan fingerprint density at radius 2 is 2.00 bits per heavy atom. The molecular formula is C19H31FN4O4S. The molecular weight excluding hydrogens is 399 g/mol. The number of nitrogens with zero attached hydrogens (tertiary/aromatic N) is 3. The molecule has 0 bridgehead atoms. The maximum absolute atomic E-state index is 13.5. The summed E-state index contributed by atoms with van der Waals surface area (Å²) in [5.74, 6) is 0.201. The van der Waals surface area contributed by atoms with E-state index in [9.17, 15) is 17.9 Å². The van der Waals surface area contributed by atoms with Gasteiger partial charge in [-0.3, -0.25) is 4.99 Å². The Morgan fingerprint density at radius 1 is 1.31 bits per heavy atom. The zero-order valence-corrected chi connectivity index (χ0v) is 18.1. The Labute approximate surface area is 172 Å². The van der Waals surface area contributed by atoms with Crippen LogP contribution in [0.25, 0.3) is 0 Å². The largest absolute Gasteiger partial charge is 0.392 e. The fraction of sp³-hybridized carbons (Fsp3) is 0.632. The van der Waals surface area contributed by atoms with Crippen molar-refractivity contribution >= 4 is 16.0 Å². The van der Waals surface area contributed by atoms with E-state index in [0.717, 1.165) is 5.56 Å². The smallest absolute Gasteiger partial charge is 0.216 e. The third-order valence-electron chi connectivity index (χ3n) is 4.67. The van der Waals surface area contributed by atoms with Crippen LogP contribution < -0.4 is 5.32 Å². The fourth-order valence-corrected chi connectivity index (χ4v) is 4.35. The summed E-state index contributed by atoms with van der Waals surface area (Å²) in [6.07, 6.45) is 0.00557. The van der Waals surface area contributed by atoms with Crippen molar-refractivity contribution in [2.75, 3.05) is 45.6 Å².